The van der Waals surface area contributed by atoms with Crippen LogP contribution in [0.4, 0.5) is 23.2 Å². The van der Waals surface area contributed by atoms with Crippen molar-refractivity contribution in [1.82, 2.24) is 10.2 Å². The fourth-order valence-electron chi connectivity index (χ4n) is 4.99. The average molecular weight is 682 g/mol. The fraction of sp³-hybridized carbons (Fsp3) is 0.529. The van der Waals surface area contributed by atoms with E-state index in [0.29, 0.717) is 5.69 Å². The molecule has 3 N–H and O–H groups in total. The minimum atomic E-state index is -1.82. The predicted octanol–water partition coefficient (Wildman–Crippen LogP) is 4.76. The summed E-state index contributed by atoms with van der Waals surface area (Å²) in [5.41, 5.74) is 0.594. The van der Waals surface area contributed by atoms with Gasteiger partial charge in [-0.1, -0.05) is 32.9 Å². The van der Waals surface area contributed by atoms with Crippen molar-refractivity contribution in [2.45, 2.75) is 90.4 Å². The summed E-state index contributed by atoms with van der Waals surface area (Å²) in [7, 11) is 0. The van der Waals surface area contributed by atoms with Crippen LogP contribution in [0.15, 0.2) is 30.3 Å². The van der Waals surface area contributed by atoms with Gasteiger partial charge < -0.3 is 30.1 Å². The second-order valence-corrected chi connectivity index (χ2v) is 13.4. The molecule has 3 amide bonds. The van der Waals surface area contributed by atoms with Crippen molar-refractivity contribution < 1.29 is 51.3 Å². The monoisotopic (exact) mass is 681 g/mol. The summed E-state index contributed by atoms with van der Waals surface area (Å²) < 4.78 is 65.5. The molecule has 1 fully saturated rings. The minimum absolute atomic E-state index is 0.00264. The molecule has 1 aliphatic heterocycles. The number of aliphatic hydroxyl groups excluding tert-OH is 1. The van der Waals surface area contributed by atoms with E-state index in [4.69, 9.17) is 9.47 Å². The molecule has 1 aliphatic rings. The number of likely N-dealkylation sites (tertiary alicyclic amines) is 1. The third-order valence-electron chi connectivity index (χ3n) is 8.22. The number of aliphatic hydroxyl groups is 1. The Morgan fingerprint density at radius 2 is 1.52 bits per heavy atom. The van der Waals surface area contributed by atoms with E-state index in [0.717, 1.165) is 12.0 Å². The number of hydrogen-bond acceptors (Lipinski definition) is 7. The van der Waals surface area contributed by atoms with Crippen LogP contribution < -0.4 is 15.4 Å². The maximum Gasteiger partial charge on any atom is 0.313 e. The average Bonchev–Trinajstić information content (AvgIpc) is 3.02. The molecule has 3 rings (SSSR count). The van der Waals surface area contributed by atoms with Gasteiger partial charge in [-0.25, -0.2) is 8.78 Å². The topological polar surface area (TPSA) is 134 Å². The highest BCUT2D eigenvalue weighted by Gasteiger charge is 2.34. The molecule has 0 saturated carbocycles. The molecule has 1 saturated heterocycles. The Balaban J connectivity index is 1.61. The zero-order valence-electron chi connectivity index (χ0n) is 27.9. The van der Waals surface area contributed by atoms with E-state index in [1.165, 1.54) is 4.90 Å². The Morgan fingerprint density at radius 3 is 2.04 bits per heavy atom. The van der Waals surface area contributed by atoms with Gasteiger partial charge in [0.2, 0.25) is 17.5 Å². The number of piperidine rings is 1. The summed E-state index contributed by atoms with van der Waals surface area (Å²) in [5, 5.41) is 15.9. The second kappa shape index (κ2) is 15.8. The molecule has 264 valence electrons. The number of nitrogens with one attached hydrogen (secondary N) is 2. The lowest BCUT2D eigenvalue weighted by atomic mass is 9.82. The first-order chi connectivity index (χ1) is 22.3. The summed E-state index contributed by atoms with van der Waals surface area (Å²) in [5.74, 6) is -12.2. The Bertz CT molecular complexity index is 1460. The Hall–Kier alpha value is -4.20. The number of benzene rings is 2. The highest BCUT2D eigenvalue weighted by Crippen LogP contribution is 2.29. The van der Waals surface area contributed by atoms with Gasteiger partial charge in [-0.2, -0.15) is 8.78 Å². The first kappa shape index (κ1) is 38.2. The van der Waals surface area contributed by atoms with Crippen LogP contribution in [-0.2, 0) is 29.3 Å². The van der Waals surface area contributed by atoms with Gasteiger partial charge in [-0.15, -0.1) is 0 Å². The van der Waals surface area contributed by atoms with Crippen LogP contribution in [-0.4, -0.2) is 71.1 Å². The number of hydrogen-bond donors (Lipinski definition) is 3. The Labute approximate surface area is 277 Å². The van der Waals surface area contributed by atoms with Crippen molar-refractivity contribution in [3.63, 3.8) is 0 Å². The number of halogens is 4. The summed E-state index contributed by atoms with van der Waals surface area (Å²) >= 11 is 0. The van der Waals surface area contributed by atoms with Crippen molar-refractivity contribution in [1.29, 1.82) is 0 Å². The van der Waals surface area contributed by atoms with Crippen LogP contribution in [0.2, 0.25) is 0 Å². The SMILES string of the molecule is CCC(C)(C)c1ccc(NC(=O)C(=O)N2CCC(C(=O)N[C@@H](CC(=O)OC(C)(C)C)C(O)COc3c(F)c(F)cc(F)c3F)CC2)cc1. The summed E-state index contributed by atoms with van der Waals surface area (Å²) in [6.45, 7) is 10.3. The van der Waals surface area contributed by atoms with E-state index in [1.54, 1.807) is 32.9 Å². The molecular formula is C34H43F4N3O7. The van der Waals surface area contributed by atoms with Crippen LogP contribution in [0, 0.1) is 29.2 Å². The van der Waals surface area contributed by atoms with E-state index in [9.17, 15) is 41.8 Å². The number of carbonyl (C=O) groups is 4. The molecule has 0 aromatic heterocycles. The zero-order chi connectivity index (χ0) is 36.0. The van der Waals surface area contributed by atoms with E-state index < -0.39 is 89.4 Å². The van der Waals surface area contributed by atoms with Crippen LogP contribution in [0.1, 0.15) is 72.8 Å². The second-order valence-electron chi connectivity index (χ2n) is 13.4. The van der Waals surface area contributed by atoms with E-state index in [-0.39, 0.29) is 37.4 Å². The standard InChI is InChI=1S/C34H43F4N3O7/c1-7-34(5,6)20-8-10-21(11-9-20)39-31(45)32(46)41-14-12-19(13-15-41)30(44)40-24(17-26(43)48-33(2,3)4)25(42)18-47-29-27(37)22(35)16-23(36)28(29)38/h8-11,16,19,24-25,42H,7,12-15,17-18H2,1-6H3,(H,39,45)(H,40,44)/t24-,25?/m0/s1. The molecular weight excluding hydrogens is 638 g/mol. The third kappa shape index (κ3) is 10.1. The number of rotatable bonds is 11. The summed E-state index contributed by atoms with van der Waals surface area (Å²) in [4.78, 5) is 52.6. The van der Waals surface area contributed by atoms with Gasteiger partial charge in [0.25, 0.3) is 0 Å². The normalized spacial score (nSPS) is 15.4. The highest BCUT2D eigenvalue weighted by atomic mass is 19.2. The zero-order valence-corrected chi connectivity index (χ0v) is 27.9. The van der Waals surface area contributed by atoms with E-state index in [2.05, 4.69) is 31.4 Å². The Morgan fingerprint density at radius 1 is 0.958 bits per heavy atom. The molecule has 0 radical (unpaired) electrons. The van der Waals surface area contributed by atoms with Gasteiger partial charge in [0.05, 0.1) is 12.5 Å². The largest absolute Gasteiger partial charge is 0.485 e. The fourth-order valence-corrected chi connectivity index (χ4v) is 4.99. The minimum Gasteiger partial charge on any atom is -0.485 e. The van der Waals surface area contributed by atoms with Crippen LogP contribution in [0.5, 0.6) is 5.75 Å². The van der Waals surface area contributed by atoms with Crippen LogP contribution in [0.25, 0.3) is 0 Å². The van der Waals surface area contributed by atoms with E-state index >= 15 is 0 Å². The first-order valence-electron chi connectivity index (χ1n) is 15.7. The smallest absolute Gasteiger partial charge is 0.313 e. The van der Waals surface area contributed by atoms with Crippen molar-refractivity contribution >= 4 is 29.4 Å². The maximum atomic E-state index is 14.1. The Kier molecular flexibility index (Phi) is 12.6. The molecule has 1 unspecified atom stereocenters. The van der Waals surface area contributed by atoms with Crippen molar-refractivity contribution in [2.75, 3.05) is 25.0 Å². The number of anilines is 1. The number of nitrogens with zero attached hydrogens (tertiary/aromatic N) is 1. The molecule has 48 heavy (non-hydrogen) atoms. The van der Waals surface area contributed by atoms with Gasteiger partial charge in [0.1, 0.15) is 18.3 Å². The lowest BCUT2D eigenvalue weighted by Gasteiger charge is -2.32. The number of ether oxygens (including phenoxy) is 2. The highest BCUT2D eigenvalue weighted by molar-refractivity contribution is 6.39. The third-order valence-corrected chi connectivity index (χ3v) is 8.22. The first-order valence-corrected chi connectivity index (χ1v) is 15.7. The lowest BCUT2D eigenvalue weighted by Crippen LogP contribution is -2.51. The molecule has 2 aromatic rings. The number of carbonyl (C=O) groups excluding carboxylic acids is 4. The predicted molar refractivity (Wildman–Crippen MR) is 168 cm³/mol. The molecule has 0 spiro atoms. The lowest BCUT2D eigenvalue weighted by molar-refractivity contribution is -0.156. The summed E-state index contributed by atoms with van der Waals surface area (Å²) in [6.07, 6.45) is -1.14. The van der Waals surface area contributed by atoms with Crippen LogP contribution >= 0.6 is 0 Å². The molecule has 14 heteroatoms. The number of esters is 1. The van der Waals surface area contributed by atoms with Gasteiger partial charge >= 0.3 is 17.8 Å². The van der Waals surface area contributed by atoms with Gasteiger partial charge in [-0.3, -0.25) is 19.2 Å². The molecule has 0 bridgehead atoms. The molecule has 0 aliphatic carbocycles. The van der Waals surface area contributed by atoms with E-state index in [1.807, 2.05) is 12.1 Å². The molecule has 2 atom stereocenters. The van der Waals surface area contributed by atoms with Crippen molar-refractivity contribution in [3.05, 3.63) is 59.2 Å². The molecule has 2 aromatic carbocycles. The quantitative estimate of drug-likeness (QED) is 0.135. The van der Waals surface area contributed by atoms with Gasteiger partial charge in [-0.05, 0) is 63.1 Å². The molecule has 10 nitrogen and oxygen atoms in total. The van der Waals surface area contributed by atoms with Crippen molar-refractivity contribution in [2.24, 2.45) is 5.92 Å². The van der Waals surface area contributed by atoms with Gasteiger partial charge in [0.15, 0.2) is 17.4 Å². The number of amides is 3. The summed E-state index contributed by atoms with van der Waals surface area (Å²) in [6, 6.07) is 5.85. The van der Waals surface area contributed by atoms with Gasteiger partial charge in [0, 0.05) is 30.8 Å². The maximum absolute atomic E-state index is 14.1. The van der Waals surface area contributed by atoms with Crippen LogP contribution in [0.3, 0.4) is 0 Å². The van der Waals surface area contributed by atoms with Crippen molar-refractivity contribution in [3.8, 4) is 5.75 Å². The molecule has 1 heterocycles.